The van der Waals surface area contributed by atoms with E-state index < -0.39 is 6.10 Å². The van der Waals surface area contributed by atoms with Crippen LogP contribution in [0.2, 0.25) is 0 Å². The van der Waals surface area contributed by atoms with Crippen molar-refractivity contribution in [2.75, 3.05) is 19.6 Å². The molecule has 0 spiro atoms. The predicted molar refractivity (Wildman–Crippen MR) is 84.5 cm³/mol. The number of piperidine rings is 1. The molecule has 0 aromatic heterocycles. The van der Waals surface area contributed by atoms with Gasteiger partial charge in [-0.15, -0.1) is 0 Å². The molecule has 4 heteroatoms. The van der Waals surface area contributed by atoms with Gasteiger partial charge in [0, 0.05) is 6.54 Å². The first kappa shape index (κ1) is 15.8. The van der Waals surface area contributed by atoms with Gasteiger partial charge in [-0.1, -0.05) is 12.1 Å². The van der Waals surface area contributed by atoms with Crippen molar-refractivity contribution >= 4 is 5.91 Å². The summed E-state index contributed by atoms with van der Waals surface area (Å²) in [5.41, 5.74) is 1.13. The summed E-state index contributed by atoms with van der Waals surface area (Å²) in [5.74, 6) is 1.39. The van der Waals surface area contributed by atoms with Crippen LogP contribution < -0.4 is 15.4 Å². The lowest BCUT2D eigenvalue weighted by molar-refractivity contribution is -0.127. The van der Waals surface area contributed by atoms with Crippen LogP contribution in [0, 0.1) is 12.8 Å². The summed E-state index contributed by atoms with van der Waals surface area (Å²) in [4.78, 5) is 12.0. The van der Waals surface area contributed by atoms with E-state index in [0.717, 1.165) is 37.4 Å². The maximum absolute atomic E-state index is 12.0. The van der Waals surface area contributed by atoms with E-state index in [4.69, 9.17) is 4.74 Å². The summed E-state index contributed by atoms with van der Waals surface area (Å²) in [6, 6.07) is 7.77. The van der Waals surface area contributed by atoms with E-state index in [1.807, 2.05) is 31.2 Å². The Morgan fingerprint density at radius 1 is 1.52 bits per heavy atom. The van der Waals surface area contributed by atoms with Crippen molar-refractivity contribution in [2.45, 2.75) is 39.2 Å². The summed E-state index contributed by atoms with van der Waals surface area (Å²) in [5, 5.41) is 6.37. The summed E-state index contributed by atoms with van der Waals surface area (Å²) < 4.78 is 5.68. The van der Waals surface area contributed by atoms with Crippen LogP contribution in [-0.2, 0) is 4.79 Å². The zero-order valence-corrected chi connectivity index (χ0v) is 13.0. The van der Waals surface area contributed by atoms with Crippen LogP contribution >= 0.6 is 0 Å². The standard InChI is InChI=1S/C17H26N2O2/c1-13-5-3-7-16(11-13)21-14(2)17(20)19-10-8-15-6-4-9-18-12-15/h3,5,7,11,14-15,18H,4,6,8-10,12H2,1-2H3,(H,19,20). The Morgan fingerprint density at radius 2 is 2.38 bits per heavy atom. The molecule has 1 amide bonds. The monoisotopic (exact) mass is 290 g/mol. The number of rotatable bonds is 6. The zero-order chi connectivity index (χ0) is 15.1. The molecule has 0 radical (unpaired) electrons. The number of ether oxygens (including phenoxy) is 1. The number of carbonyl (C=O) groups is 1. The lowest BCUT2D eigenvalue weighted by Gasteiger charge is -2.23. The first-order valence-corrected chi connectivity index (χ1v) is 7.87. The van der Waals surface area contributed by atoms with E-state index in [0.29, 0.717) is 5.92 Å². The molecule has 116 valence electrons. The van der Waals surface area contributed by atoms with Crippen molar-refractivity contribution in [1.82, 2.24) is 10.6 Å². The molecule has 0 saturated carbocycles. The summed E-state index contributed by atoms with van der Waals surface area (Å²) in [7, 11) is 0. The molecule has 1 aliphatic heterocycles. The molecule has 2 unspecified atom stereocenters. The van der Waals surface area contributed by atoms with Gasteiger partial charge < -0.3 is 15.4 Å². The van der Waals surface area contributed by atoms with Gasteiger partial charge in [-0.25, -0.2) is 0 Å². The fraction of sp³-hybridized carbons (Fsp3) is 0.588. The lowest BCUT2D eigenvalue weighted by Crippen LogP contribution is -2.38. The number of carbonyl (C=O) groups excluding carboxylic acids is 1. The first-order valence-electron chi connectivity index (χ1n) is 7.87. The number of hydrogen-bond acceptors (Lipinski definition) is 3. The minimum absolute atomic E-state index is 0.0414. The first-order chi connectivity index (χ1) is 10.1. The molecule has 0 bridgehead atoms. The Bertz CT molecular complexity index is 456. The molecule has 1 fully saturated rings. The zero-order valence-electron chi connectivity index (χ0n) is 13.0. The van der Waals surface area contributed by atoms with Crippen LogP contribution in [-0.4, -0.2) is 31.6 Å². The van der Waals surface area contributed by atoms with E-state index in [1.54, 1.807) is 6.92 Å². The fourth-order valence-corrected chi connectivity index (χ4v) is 2.66. The van der Waals surface area contributed by atoms with Gasteiger partial charge in [-0.2, -0.15) is 0 Å². The number of aryl methyl sites for hydroxylation is 1. The highest BCUT2D eigenvalue weighted by Gasteiger charge is 2.16. The van der Waals surface area contributed by atoms with Gasteiger partial charge in [0.15, 0.2) is 6.10 Å². The predicted octanol–water partition coefficient (Wildman–Crippen LogP) is 2.27. The summed E-state index contributed by atoms with van der Waals surface area (Å²) in [6.07, 6.45) is 3.08. The van der Waals surface area contributed by atoms with Crippen LogP contribution in [0.25, 0.3) is 0 Å². The van der Waals surface area contributed by atoms with Crippen molar-refractivity contribution in [2.24, 2.45) is 5.92 Å². The Labute approximate surface area is 127 Å². The average Bonchev–Trinajstić information content (AvgIpc) is 2.48. The number of nitrogens with one attached hydrogen (secondary N) is 2. The highest BCUT2D eigenvalue weighted by Crippen LogP contribution is 2.15. The Hall–Kier alpha value is -1.55. The van der Waals surface area contributed by atoms with Crippen molar-refractivity contribution in [1.29, 1.82) is 0 Å². The second kappa shape index (κ2) is 8.03. The Morgan fingerprint density at radius 3 is 3.10 bits per heavy atom. The van der Waals surface area contributed by atoms with Crippen molar-refractivity contribution in [3.63, 3.8) is 0 Å². The smallest absolute Gasteiger partial charge is 0.260 e. The molecule has 1 heterocycles. The van der Waals surface area contributed by atoms with E-state index in [-0.39, 0.29) is 5.91 Å². The van der Waals surface area contributed by atoms with Gasteiger partial charge in [-0.05, 0) is 69.8 Å². The minimum atomic E-state index is -0.462. The van der Waals surface area contributed by atoms with Gasteiger partial charge in [0.1, 0.15) is 5.75 Å². The third-order valence-electron chi connectivity index (χ3n) is 3.92. The fourth-order valence-electron chi connectivity index (χ4n) is 2.66. The van der Waals surface area contributed by atoms with Crippen LogP contribution in [0.1, 0.15) is 31.7 Å². The lowest BCUT2D eigenvalue weighted by atomic mass is 9.96. The molecule has 1 saturated heterocycles. The molecular formula is C17H26N2O2. The molecule has 21 heavy (non-hydrogen) atoms. The second-order valence-corrected chi connectivity index (χ2v) is 5.87. The van der Waals surface area contributed by atoms with Crippen LogP contribution in [0.15, 0.2) is 24.3 Å². The molecule has 1 aliphatic rings. The van der Waals surface area contributed by atoms with Crippen LogP contribution in [0.4, 0.5) is 0 Å². The maximum Gasteiger partial charge on any atom is 0.260 e. The second-order valence-electron chi connectivity index (χ2n) is 5.87. The van der Waals surface area contributed by atoms with Gasteiger partial charge >= 0.3 is 0 Å². The number of benzene rings is 1. The molecule has 1 aromatic carbocycles. The van der Waals surface area contributed by atoms with Crippen LogP contribution in [0.5, 0.6) is 5.75 Å². The molecular weight excluding hydrogens is 264 g/mol. The minimum Gasteiger partial charge on any atom is -0.481 e. The van der Waals surface area contributed by atoms with E-state index in [9.17, 15) is 4.79 Å². The van der Waals surface area contributed by atoms with Crippen molar-refractivity contribution in [3.05, 3.63) is 29.8 Å². The third-order valence-corrected chi connectivity index (χ3v) is 3.92. The Kier molecular flexibility index (Phi) is 6.05. The molecule has 2 rings (SSSR count). The third kappa shape index (κ3) is 5.38. The van der Waals surface area contributed by atoms with Crippen molar-refractivity contribution < 1.29 is 9.53 Å². The van der Waals surface area contributed by atoms with Gasteiger partial charge in [-0.3, -0.25) is 4.79 Å². The highest BCUT2D eigenvalue weighted by molar-refractivity contribution is 5.80. The maximum atomic E-state index is 12.0. The molecule has 2 atom stereocenters. The summed E-state index contributed by atoms with van der Waals surface area (Å²) >= 11 is 0. The summed E-state index contributed by atoms with van der Waals surface area (Å²) in [6.45, 7) is 6.73. The molecule has 4 nitrogen and oxygen atoms in total. The number of hydrogen-bond donors (Lipinski definition) is 2. The SMILES string of the molecule is Cc1cccc(OC(C)C(=O)NCCC2CCCNC2)c1. The Balaban J connectivity index is 1.69. The van der Waals surface area contributed by atoms with Crippen LogP contribution in [0.3, 0.4) is 0 Å². The molecule has 0 aliphatic carbocycles. The van der Waals surface area contributed by atoms with Gasteiger partial charge in [0.25, 0.3) is 5.91 Å². The van der Waals surface area contributed by atoms with E-state index in [1.165, 1.54) is 12.8 Å². The number of amides is 1. The molecule has 1 aromatic rings. The topological polar surface area (TPSA) is 50.4 Å². The van der Waals surface area contributed by atoms with Crippen molar-refractivity contribution in [3.8, 4) is 5.75 Å². The molecule has 2 N–H and O–H groups in total. The largest absolute Gasteiger partial charge is 0.481 e. The van der Waals surface area contributed by atoms with E-state index in [2.05, 4.69) is 10.6 Å². The highest BCUT2D eigenvalue weighted by atomic mass is 16.5. The normalized spacial score (nSPS) is 19.8. The van der Waals surface area contributed by atoms with Gasteiger partial charge in [0.05, 0.1) is 0 Å². The van der Waals surface area contributed by atoms with Gasteiger partial charge in [0.2, 0.25) is 0 Å². The quantitative estimate of drug-likeness (QED) is 0.845. The average molecular weight is 290 g/mol. The van der Waals surface area contributed by atoms with E-state index >= 15 is 0 Å².